The van der Waals surface area contributed by atoms with Crippen LogP contribution >= 0.6 is 11.3 Å². The molecule has 1 heterocycles. The van der Waals surface area contributed by atoms with Crippen molar-refractivity contribution in [3.8, 4) is 0 Å². The Morgan fingerprint density at radius 3 is 2.67 bits per heavy atom. The molecule has 1 rings (SSSR count). The summed E-state index contributed by atoms with van der Waals surface area (Å²) in [5, 5.41) is 18.6. The highest BCUT2D eigenvalue weighted by atomic mass is 32.1. The number of nitrogens with two attached hydrogens (primary N) is 1. The van der Waals surface area contributed by atoms with Crippen molar-refractivity contribution in [3.63, 3.8) is 0 Å². The molecule has 1 aromatic heterocycles. The van der Waals surface area contributed by atoms with Gasteiger partial charge in [0.15, 0.2) is 5.84 Å². The molecule has 0 saturated carbocycles. The van der Waals surface area contributed by atoms with Crippen LogP contribution in [-0.4, -0.2) is 22.5 Å². The van der Waals surface area contributed by atoms with Gasteiger partial charge in [-0.1, -0.05) is 19.0 Å². The second-order valence-electron chi connectivity index (χ2n) is 4.13. The summed E-state index contributed by atoms with van der Waals surface area (Å²) in [5.74, 6) is -0.0742. The largest absolute Gasteiger partial charge is 0.409 e. The molecule has 0 fully saturated rings. The predicted molar refractivity (Wildman–Crippen MR) is 72.9 cm³/mol. The normalized spacial score (nSPS) is 12.4. The number of rotatable bonds is 6. The number of amidine groups is 1. The molecule has 0 saturated heterocycles. The molecule has 100 valence electrons. The van der Waals surface area contributed by atoms with Gasteiger partial charge in [0.2, 0.25) is 5.91 Å². The zero-order chi connectivity index (χ0) is 13.6. The number of amides is 1. The highest BCUT2D eigenvalue weighted by molar-refractivity contribution is 7.07. The molecule has 0 radical (unpaired) electrons. The molecule has 1 aromatic rings. The van der Waals surface area contributed by atoms with Crippen molar-refractivity contribution in [2.24, 2.45) is 10.9 Å². The number of nitrogens with zero attached hydrogens (tertiary/aromatic N) is 1. The van der Waals surface area contributed by atoms with Crippen molar-refractivity contribution in [3.05, 3.63) is 22.4 Å². The van der Waals surface area contributed by atoms with Crippen LogP contribution in [0.2, 0.25) is 0 Å². The third-order valence-electron chi connectivity index (χ3n) is 3.13. The van der Waals surface area contributed by atoms with E-state index in [0.29, 0.717) is 19.3 Å². The van der Waals surface area contributed by atoms with Gasteiger partial charge >= 0.3 is 0 Å². The van der Waals surface area contributed by atoms with Crippen LogP contribution in [0.25, 0.3) is 0 Å². The molecule has 0 aliphatic heterocycles. The fourth-order valence-electron chi connectivity index (χ4n) is 1.84. The maximum absolute atomic E-state index is 12.0. The maximum atomic E-state index is 12.0. The molecule has 6 heteroatoms. The minimum Gasteiger partial charge on any atom is -0.409 e. The van der Waals surface area contributed by atoms with Gasteiger partial charge in [-0.2, -0.15) is 11.3 Å². The van der Waals surface area contributed by atoms with E-state index in [9.17, 15) is 4.79 Å². The minimum atomic E-state index is -0.762. The van der Waals surface area contributed by atoms with E-state index in [-0.39, 0.29) is 11.7 Å². The molecule has 0 aromatic carbocycles. The highest BCUT2D eigenvalue weighted by Crippen LogP contribution is 2.16. The average molecular weight is 269 g/mol. The summed E-state index contributed by atoms with van der Waals surface area (Å²) >= 11 is 1.55. The molecule has 4 N–H and O–H groups in total. The Bertz CT molecular complexity index is 411. The van der Waals surface area contributed by atoms with Crippen molar-refractivity contribution in [1.82, 2.24) is 5.32 Å². The standard InChI is InChI=1S/C12H19N3O2S/c1-3-12(4-2,11(13)15-17)14-10(16)7-9-5-6-18-8-9/h5-6,8,17H,3-4,7H2,1-2H3,(H2,13,15)(H,14,16). The van der Waals surface area contributed by atoms with Crippen LogP contribution in [0.15, 0.2) is 22.0 Å². The fourth-order valence-corrected chi connectivity index (χ4v) is 2.51. The summed E-state index contributed by atoms with van der Waals surface area (Å²) in [6.07, 6.45) is 1.47. The minimum absolute atomic E-state index is 0.0474. The Hall–Kier alpha value is -1.56. The first-order valence-electron chi connectivity index (χ1n) is 5.88. The van der Waals surface area contributed by atoms with E-state index in [4.69, 9.17) is 10.9 Å². The van der Waals surface area contributed by atoms with Gasteiger partial charge in [0.1, 0.15) is 5.54 Å². The fraction of sp³-hybridized carbons (Fsp3) is 0.500. The van der Waals surface area contributed by atoms with Gasteiger partial charge in [-0.05, 0) is 35.2 Å². The molecule has 0 atom stereocenters. The van der Waals surface area contributed by atoms with E-state index in [0.717, 1.165) is 5.56 Å². The molecule has 0 aliphatic carbocycles. The van der Waals surface area contributed by atoms with Crippen LogP contribution in [0.5, 0.6) is 0 Å². The van der Waals surface area contributed by atoms with E-state index < -0.39 is 5.54 Å². The molecule has 18 heavy (non-hydrogen) atoms. The molecular weight excluding hydrogens is 250 g/mol. The lowest BCUT2D eigenvalue weighted by molar-refractivity contribution is -0.121. The molecule has 0 aliphatic rings. The Morgan fingerprint density at radius 1 is 1.56 bits per heavy atom. The number of hydrogen-bond acceptors (Lipinski definition) is 4. The van der Waals surface area contributed by atoms with Gasteiger partial charge in [0.25, 0.3) is 0 Å². The van der Waals surface area contributed by atoms with Gasteiger partial charge < -0.3 is 16.3 Å². The zero-order valence-electron chi connectivity index (χ0n) is 10.6. The summed E-state index contributed by atoms with van der Waals surface area (Å²) in [5.41, 5.74) is 5.89. The van der Waals surface area contributed by atoms with Crippen molar-refractivity contribution in [2.75, 3.05) is 0 Å². The first kappa shape index (κ1) is 14.5. The maximum Gasteiger partial charge on any atom is 0.225 e. The number of carbonyl (C=O) groups excluding carboxylic acids is 1. The molecular formula is C12H19N3O2S. The smallest absolute Gasteiger partial charge is 0.225 e. The Kier molecular flexibility index (Phi) is 5.15. The third-order valence-corrected chi connectivity index (χ3v) is 3.86. The van der Waals surface area contributed by atoms with Crippen molar-refractivity contribution >= 4 is 23.1 Å². The van der Waals surface area contributed by atoms with E-state index >= 15 is 0 Å². The first-order chi connectivity index (χ1) is 8.57. The van der Waals surface area contributed by atoms with E-state index in [1.807, 2.05) is 30.7 Å². The Morgan fingerprint density at radius 2 is 2.22 bits per heavy atom. The number of hydrogen-bond donors (Lipinski definition) is 3. The van der Waals surface area contributed by atoms with Crippen LogP contribution in [0, 0.1) is 0 Å². The van der Waals surface area contributed by atoms with E-state index in [1.165, 1.54) is 0 Å². The highest BCUT2D eigenvalue weighted by Gasteiger charge is 2.33. The molecule has 0 bridgehead atoms. The monoisotopic (exact) mass is 269 g/mol. The van der Waals surface area contributed by atoms with Crippen LogP contribution in [0.4, 0.5) is 0 Å². The summed E-state index contributed by atoms with van der Waals surface area (Å²) in [7, 11) is 0. The predicted octanol–water partition coefficient (Wildman–Crippen LogP) is 1.71. The number of thiophene rings is 1. The van der Waals surface area contributed by atoms with Gasteiger partial charge in [0, 0.05) is 0 Å². The third kappa shape index (κ3) is 3.22. The lowest BCUT2D eigenvalue weighted by Crippen LogP contribution is -2.57. The van der Waals surface area contributed by atoms with E-state index in [2.05, 4.69) is 10.5 Å². The number of nitrogens with one attached hydrogen (secondary N) is 1. The summed E-state index contributed by atoms with van der Waals surface area (Å²) in [4.78, 5) is 12.0. The van der Waals surface area contributed by atoms with Crippen LogP contribution in [-0.2, 0) is 11.2 Å². The van der Waals surface area contributed by atoms with Gasteiger partial charge in [-0.15, -0.1) is 0 Å². The Balaban J connectivity index is 2.75. The molecule has 0 spiro atoms. The van der Waals surface area contributed by atoms with Crippen molar-refractivity contribution in [2.45, 2.75) is 38.6 Å². The molecule has 0 unspecified atom stereocenters. The van der Waals surface area contributed by atoms with Gasteiger partial charge in [0.05, 0.1) is 6.42 Å². The number of oxime groups is 1. The van der Waals surface area contributed by atoms with Crippen molar-refractivity contribution in [1.29, 1.82) is 0 Å². The lowest BCUT2D eigenvalue weighted by atomic mass is 9.91. The zero-order valence-corrected chi connectivity index (χ0v) is 11.5. The average Bonchev–Trinajstić information content (AvgIpc) is 2.87. The van der Waals surface area contributed by atoms with Crippen LogP contribution in [0.1, 0.15) is 32.3 Å². The quantitative estimate of drug-likeness (QED) is 0.318. The topological polar surface area (TPSA) is 87.7 Å². The van der Waals surface area contributed by atoms with Crippen LogP contribution in [0.3, 0.4) is 0 Å². The lowest BCUT2D eigenvalue weighted by Gasteiger charge is -2.31. The van der Waals surface area contributed by atoms with E-state index in [1.54, 1.807) is 11.3 Å². The molecule has 5 nitrogen and oxygen atoms in total. The molecule has 1 amide bonds. The summed E-state index contributed by atoms with van der Waals surface area (Å²) in [6, 6.07) is 1.91. The number of carbonyl (C=O) groups is 1. The van der Waals surface area contributed by atoms with Crippen LogP contribution < -0.4 is 11.1 Å². The summed E-state index contributed by atoms with van der Waals surface area (Å²) in [6.45, 7) is 3.79. The SMILES string of the molecule is CCC(CC)(NC(=O)Cc1ccsc1)/C(N)=N/O. The first-order valence-corrected chi connectivity index (χ1v) is 6.82. The van der Waals surface area contributed by atoms with Crippen molar-refractivity contribution < 1.29 is 10.0 Å². The second kappa shape index (κ2) is 6.39. The van der Waals surface area contributed by atoms with Gasteiger partial charge in [-0.3, -0.25) is 4.79 Å². The second-order valence-corrected chi connectivity index (χ2v) is 4.91. The van der Waals surface area contributed by atoms with Gasteiger partial charge in [-0.25, -0.2) is 0 Å². The summed E-state index contributed by atoms with van der Waals surface area (Å²) < 4.78 is 0. The Labute approximate surface area is 111 Å².